The highest BCUT2D eigenvalue weighted by atomic mass is 19.4. The van der Waals surface area contributed by atoms with Gasteiger partial charge in [-0.05, 0) is 42.5 Å². The number of halogens is 3. The molecule has 0 bridgehead atoms. The Morgan fingerprint density at radius 1 is 0.943 bits per heavy atom. The lowest BCUT2D eigenvalue weighted by Gasteiger charge is -2.34. The fourth-order valence-corrected chi connectivity index (χ4v) is 4.25. The van der Waals surface area contributed by atoms with Gasteiger partial charge < -0.3 is 9.64 Å². The Labute approximate surface area is 201 Å². The molecule has 0 radical (unpaired) electrons. The summed E-state index contributed by atoms with van der Waals surface area (Å²) in [4.78, 5) is 26.9. The number of hydrogen-bond donors (Lipinski definition) is 1. The average molecular weight is 483 g/mol. The van der Waals surface area contributed by atoms with Crippen LogP contribution in [0, 0.1) is 6.92 Å². The first-order valence-electron chi connectivity index (χ1n) is 11.3. The smallest absolute Gasteiger partial charge is 0.430 e. The normalized spacial score (nSPS) is 14.4. The molecule has 182 valence electrons. The van der Waals surface area contributed by atoms with E-state index >= 15 is 0 Å². The molecular weight excluding hydrogens is 457 g/mol. The van der Waals surface area contributed by atoms with E-state index < -0.39 is 30.3 Å². The molecule has 1 N–H and O–H groups in total. The summed E-state index contributed by atoms with van der Waals surface area (Å²) in [5, 5.41) is 2.89. The van der Waals surface area contributed by atoms with Gasteiger partial charge in [0.1, 0.15) is 0 Å². The van der Waals surface area contributed by atoms with Crippen molar-refractivity contribution >= 4 is 17.6 Å². The zero-order valence-corrected chi connectivity index (χ0v) is 19.1. The molecule has 1 amide bonds. The Hall–Kier alpha value is -3.65. The van der Waals surface area contributed by atoms with Gasteiger partial charge in [0.2, 0.25) is 6.23 Å². The predicted octanol–water partition coefficient (Wildman–Crippen LogP) is 5.09. The Bertz CT molecular complexity index is 1140. The van der Waals surface area contributed by atoms with Gasteiger partial charge in [-0.3, -0.25) is 10.1 Å². The highest BCUT2D eigenvalue weighted by molar-refractivity contribution is 5.98. The van der Waals surface area contributed by atoms with Crippen LogP contribution in [0.5, 0.6) is 0 Å². The SMILES string of the molecule is Cc1ccc2c(c1)CCCN2C(=O)C(NC(c1ccccc1)c1ccccc1)OC(=O)C(F)(F)F. The summed E-state index contributed by atoms with van der Waals surface area (Å²) in [5.74, 6) is -3.19. The van der Waals surface area contributed by atoms with E-state index in [-0.39, 0.29) is 0 Å². The van der Waals surface area contributed by atoms with Crippen molar-refractivity contribution in [3.63, 3.8) is 0 Å². The van der Waals surface area contributed by atoms with Crippen LogP contribution in [0.15, 0.2) is 78.9 Å². The molecule has 0 saturated carbocycles. The number of benzene rings is 3. The van der Waals surface area contributed by atoms with Crippen molar-refractivity contribution in [3.8, 4) is 0 Å². The standard InChI is InChI=1S/C27H25F3N2O3/c1-18-14-15-22-21(17-18)13-8-16-32(22)25(33)24(35-26(34)27(28,29)30)31-23(19-9-4-2-5-10-19)20-11-6-3-7-12-20/h2-7,9-12,14-15,17,23-24,31H,8,13,16H2,1H3. The summed E-state index contributed by atoms with van der Waals surface area (Å²) in [7, 11) is 0. The number of fused-ring (bicyclic) bond motifs is 1. The van der Waals surface area contributed by atoms with Crippen molar-refractivity contribution in [1.29, 1.82) is 0 Å². The lowest BCUT2D eigenvalue weighted by atomic mass is 9.98. The molecule has 1 heterocycles. The van der Waals surface area contributed by atoms with Crippen molar-refractivity contribution in [2.24, 2.45) is 0 Å². The van der Waals surface area contributed by atoms with Gasteiger partial charge in [0.15, 0.2) is 0 Å². The third-order valence-corrected chi connectivity index (χ3v) is 5.88. The van der Waals surface area contributed by atoms with Crippen LogP contribution in [0.25, 0.3) is 0 Å². The Morgan fingerprint density at radius 2 is 1.54 bits per heavy atom. The largest absolute Gasteiger partial charge is 0.490 e. The third-order valence-electron chi connectivity index (χ3n) is 5.88. The van der Waals surface area contributed by atoms with Crippen LogP contribution in [0.4, 0.5) is 18.9 Å². The van der Waals surface area contributed by atoms with Crippen molar-refractivity contribution in [2.45, 2.75) is 38.2 Å². The first-order valence-corrected chi connectivity index (χ1v) is 11.3. The van der Waals surface area contributed by atoms with Crippen LogP contribution >= 0.6 is 0 Å². The summed E-state index contributed by atoms with van der Waals surface area (Å²) >= 11 is 0. The quantitative estimate of drug-likeness (QED) is 0.393. The van der Waals surface area contributed by atoms with Gasteiger partial charge in [0.05, 0.1) is 6.04 Å². The van der Waals surface area contributed by atoms with Crippen LogP contribution in [0.3, 0.4) is 0 Å². The lowest BCUT2D eigenvalue weighted by Crippen LogP contribution is -2.52. The summed E-state index contributed by atoms with van der Waals surface area (Å²) in [6.07, 6.45) is -5.71. The van der Waals surface area contributed by atoms with Crippen molar-refractivity contribution in [2.75, 3.05) is 11.4 Å². The summed E-state index contributed by atoms with van der Waals surface area (Å²) < 4.78 is 44.2. The molecule has 0 aliphatic carbocycles. The fraction of sp³-hybridized carbons (Fsp3) is 0.259. The molecule has 35 heavy (non-hydrogen) atoms. The van der Waals surface area contributed by atoms with Crippen molar-refractivity contribution < 1.29 is 27.5 Å². The second kappa shape index (κ2) is 10.3. The van der Waals surface area contributed by atoms with Gasteiger partial charge in [-0.1, -0.05) is 78.4 Å². The molecular formula is C27H25F3N2O3. The van der Waals surface area contributed by atoms with Gasteiger partial charge in [-0.2, -0.15) is 13.2 Å². The second-order valence-corrected chi connectivity index (χ2v) is 8.43. The summed E-state index contributed by atoms with van der Waals surface area (Å²) in [5.41, 5.74) is 3.96. The Morgan fingerprint density at radius 3 is 2.11 bits per heavy atom. The molecule has 0 spiro atoms. The van der Waals surface area contributed by atoms with Crippen molar-refractivity contribution in [3.05, 3.63) is 101 Å². The molecule has 0 fully saturated rings. The van der Waals surface area contributed by atoms with Gasteiger partial charge in [-0.25, -0.2) is 4.79 Å². The molecule has 1 atom stereocenters. The molecule has 1 aliphatic heterocycles. The number of rotatable bonds is 6. The zero-order valence-electron chi connectivity index (χ0n) is 19.1. The molecule has 3 aromatic carbocycles. The monoisotopic (exact) mass is 482 g/mol. The highest BCUT2D eigenvalue weighted by Crippen LogP contribution is 2.30. The minimum absolute atomic E-state index is 0.304. The first-order chi connectivity index (χ1) is 16.7. The van der Waals surface area contributed by atoms with E-state index in [1.165, 1.54) is 4.90 Å². The molecule has 5 nitrogen and oxygen atoms in total. The van der Waals surface area contributed by atoms with Gasteiger partial charge >= 0.3 is 12.1 Å². The van der Waals surface area contributed by atoms with E-state index in [0.29, 0.717) is 29.8 Å². The van der Waals surface area contributed by atoms with Crippen LogP contribution < -0.4 is 10.2 Å². The van der Waals surface area contributed by atoms with Crippen LogP contribution in [-0.4, -0.2) is 30.8 Å². The van der Waals surface area contributed by atoms with E-state index in [0.717, 1.165) is 17.5 Å². The number of hydrogen-bond acceptors (Lipinski definition) is 4. The number of aryl methyl sites for hydroxylation is 2. The average Bonchev–Trinajstić information content (AvgIpc) is 2.86. The van der Waals surface area contributed by atoms with Crippen LogP contribution in [0.1, 0.15) is 34.7 Å². The van der Waals surface area contributed by atoms with Gasteiger partial charge in [-0.15, -0.1) is 0 Å². The maximum atomic E-state index is 13.6. The zero-order chi connectivity index (χ0) is 25.0. The van der Waals surface area contributed by atoms with E-state index in [1.807, 2.05) is 31.2 Å². The minimum Gasteiger partial charge on any atom is -0.430 e. The van der Waals surface area contributed by atoms with Crippen molar-refractivity contribution in [1.82, 2.24) is 5.32 Å². The number of alkyl halides is 3. The molecule has 1 aliphatic rings. The first kappa shape index (κ1) is 24.5. The number of nitrogens with zero attached hydrogens (tertiary/aromatic N) is 1. The number of carbonyl (C=O) groups is 2. The van der Waals surface area contributed by atoms with Gasteiger partial charge in [0, 0.05) is 12.2 Å². The predicted molar refractivity (Wildman–Crippen MR) is 126 cm³/mol. The molecule has 1 unspecified atom stereocenters. The van der Waals surface area contributed by atoms with Crippen LogP contribution in [0.2, 0.25) is 0 Å². The van der Waals surface area contributed by atoms with E-state index in [1.54, 1.807) is 54.6 Å². The second-order valence-electron chi connectivity index (χ2n) is 8.43. The minimum atomic E-state index is -5.24. The maximum Gasteiger partial charge on any atom is 0.490 e. The number of anilines is 1. The Balaban J connectivity index is 1.71. The molecule has 0 saturated heterocycles. The molecule has 0 aromatic heterocycles. The summed E-state index contributed by atoms with van der Waals surface area (Å²) in [6.45, 7) is 2.23. The topological polar surface area (TPSA) is 58.6 Å². The molecule has 8 heteroatoms. The lowest BCUT2D eigenvalue weighted by molar-refractivity contribution is -0.206. The van der Waals surface area contributed by atoms with E-state index in [2.05, 4.69) is 5.32 Å². The number of nitrogens with one attached hydrogen (secondary N) is 1. The highest BCUT2D eigenvalue weighted by Gasteiger charge is 2.45. The number of ether oxygens (including phenoxy) is 1. The maximum absolute atomic E-state index is 13.6. The van der Waals surface area contributed by atoms with Gasteiger partial charge in [0.25, 0.3) is 5.91 Å². The van der Waals surface area contributed by atoms with Crippen LogP contribution in [-0.2, 0) is 20.7 Å². The van der Waals surface area contributed by atoms with E-state index in [4.69, 9.17) is 4.74 Å². The molecule has 4 rings (SSSR count). The molecule has 3 aromatic rings. The fourth-order valence-electron chi connectivity index (χ4n) is 4.25. The number of amides is 1. The van der Waals surface area contributed by atoms with E-state index in [9.17, 15) is 22.8 Å². The Kier molecular flexibility index (Phi) is 7.21. The number of esters is 1. The third kappa shape index (κ3) is 5.71. The number of carbonyl (C=O) groups excluding carboxylic acids is 2. The summed E-state index contributed by atoms with van der Waals surface area (Å²) in [6, 6.07) is 22.8.